The van der Waals surface area contributed by atoms with Gasteiger partial charge in [-0.2, -0.15) is 9.78 Å². The van der Waals surface area contributed by atoms with E-state index in [1.54, 1.807) is 19.1 Å². The molecule has 0 bridgehead atoms. The van der Waals surface area contributed by atoms with Crippen molar-refractivity contribution < 1.29 is 13.5 Å². The normalized spacial score (nSPS) is 15.2. The largest absolute Gasteiger partial charge is 0.371 e. The minimum Gasteiger partial charge on any atom is -0.371 e. The van der Waals surface area contributed by atoms with Crippen LogP contribution in [0.3, 0.4) is 0 Å². The van der Waals surface area contributed by atoms with E-state index in [-0.39, 0.29) is 29.7 Å². The molecule has 1 atom stereocenters. The van der Waals surface area contributed by atoms with Gasteiger partial charge in [-0.15, -0.1) is 10.2 Å². The van der Waals surface area contributed by atoms with Gasteiger partial charge in [0, 0.05) is 24.4 Å². The van der Waals surface area contributed by atoms with E-state index in [1.165, 1.54) is 25.2 Å². The van der Waals surface area contributed by atoms with Crippen molar-refractivity contribution in [1.29, 1.82) is 0 Å². The average molecular weight is 467 g/mol. The molecule has 2 aromatic heterocycles. The summed E-state index contributed by atoms with van der Waals surface area (Å²) < 4.78 is 37.5. The van der Waals surface area contributed by atoms with E-state index in [9.17, 15) is 18.4 Å². The molecule has 4 aromatic rings. The first-order chi connectivity index (χ1) is 16.3. The van der Waals surface area contributed by atoms with Crippen molar-refractivity contribution in [3.05, 3.63) is 92.0 Å². The Morgan fingerprint density at radius 2 is 1.88 bits per heavy atom. The SMILES string of the molecule is Cc1c(F)cc(-n2ncc(=O)n(C)c2=O)cc1Nc1nnc2n1[C@H](c1ccc(F)cc1)COC2. The summed E-state index contributed by atoms with van der Waals surface area (Å²) >= 11 is 0. The molecule has 0 saturated heterocycles. The predicted molar refractivity (Wildman–Crippen MR) is 117 cm³/mol. The number of hydrogen-bond acceptors (Lipinski definition) is 7. The quantitative estimate of drug-likeness (QED) is 0.489. The molecule has 0 aliphatic carbocycles. The minimum atomic E-state index is -0.713. The number of nitrogens with one attached hydrogen (secondary N) is 1. The number of benzene rings is 2. The lowest BCUT2D eigenvalue weighted by molar-refractivity contribution is 0.0670. The van der Waals surface area contributed by atoms with Crippen molar-refractivity contribution in [2.24, 2.45) is 7.05 Å². The lowest BCUT2D eigenvalue weighted by atomic mass is 10.1. The van der Waals surface area contributed by atoms with Gasteiger partial charge in [0.1, 0.15) is 24.4 Å². The monoisotopic (exact) mass is 467 g/mol. The van der Waals surface area contributed by atoms with E-state index in [2.05, 4.69) is 20.6 Å². The molecule has 1 N–H and O–H groups in total. The summed E-state index contributed by atoms with van der Waals surface area (Å²) in [5.74, 6) is -0.0614. The molecule has 2 aromatic carbocycles. The molecule has 1 aliphatic rings. The van der Waals surface area contributed by atoms with Crippen LogP contribution in [0.5, 0.6) is 0 Å². The van der Waals surface area contributed by atoms with E-state index >= 15 is 0 Å². The number of fused-ring (bicyclic) bond motifs is 1. The van der Waals surface area contributed by atoms with Gasteiger partial charge in [0.25, 0.3) is 5.56 Å². The molecule has 0 fully saturated rings. The summed E-state index contributed by atoms with van der Waals surface area (Å²) in [6.07, 6.45) is 0.981. The number of aromatic nitrogens is 6. The lowest BCUT2D eigenvalue weighted by Gasteiger charge is -2.27. The van der Waals surface area contributed by atoms with E-state index in [4.69, 9.17) is 4.74 Å². The van der Waals surface area contributed by atoms with Gasteiger partial charge in [0.05, 0.1) is 18.3 Å². The zero-order valence-electron chi connectivity index (χ0n) is 18.2. The Hall–Kier alpha value is -4.19. The van der Waals surface area contributed by atoms with Crippen molar-refractivity contribution in [3.63, 3.8) is 0 Å². The molecular weight excluding hydrogens is 448 g/mol. The van der Waals surface area contributed by atoms with Gasteiger partial charge < -0.3 is 10.1 Å². The van der Waals surface area contributed by atoms with E-state index < -0.39 is 17.1 Å². The van der Waals surface area contributed by atoms with Gasteiger partial charge in [-0.1, -0.05) is 12.1 Å². The van der Waals surface area contributed by atoms with Crippen LogP contribution >= 0.6 is 0 Å². The molecule has 10 nitrogen and oxygen atoms in total. The van der Waals surface area contributed by atoms with Crippen LogP contribution in [0.1, 0.15) is 23.0 Å². The standard InChI is InChI=1S/C22H19F2N7O3/c1-12-16(24)7-15(31-22(33)29(2)20(32)9-25-31)8-17(12)26-21-28-27-19-11-34-10-18(30(19)21)13-3-5-14(23)6-4-13/h3-9,18H,10-11H2,1-2H3,(H,26,28)/t18-/m0/s1. The second-order valence-electron chi connectivity index (χ2n) is 7.85. The van der Waals surface area contributed by atoms with Crippen LogP contribution < -0.4 is 16.6 Å². The van der Waals surface area contributed by atoms with Crippen molar-refractivity contribution in [2.45, 2.75) is 19.6 Å². The second-order valence-corrected chi connectivity index (χ2v) is 7.85. The fourth-order valence-electron chi connectivity index (χ4n) is 3.80. The third-order valence-electron chi connectivity index (χ3n) is 5.74. The average Bonchev–Trinajstić information content (AvgIpc) is 3.24. The van der Waals surface area contributed by atoms with Crippen molar-refractivity contribution in [3.8, 4) is 5.69 Å². The molecule has 0 saturated carbocycles. The van der Waals surface area contributed by atoms with Gasteiger partial charge in [0.15, 0.2) is 5.82 Å². The Balaban J connectivity index is 1.57. The van der Waals surface area contributed by atoms with Gasteiger partial charge in [0.2, 0.25) is 5.95 Å². The van der Waals surface area contributed by atoms with Gasteiger partial charge in [-0.05, 0) is 30.7 Å². The zero-order valence-corrected chi connectivity index (χ0v) is 18.2. The molecule has 0 unspecified atom stereocenters. The summed E-state index contributed by atoms with van der Waals surface area (Å²) in [6.45, 7) is 2.12. The smallest absolute Gasteiger partial charge is 0.351 e. The lowest BCUT2D eigenvalue weighted by Crippen LogP contribution is -2.38. The van der Waals surface area contributed by atoms with Crippen LogP contribution in [0.15, 0.2) is 52.2 Å². The van der Waals surface area contributed by atoms with E-state index in [0.717, 1.165) is 27.1 Å². The molecule has 12 heteroatoms. The highest BCUT2D eigenvalue weighted by molar-refractivity contribution is 5.63. The molecule has 0 spiro atoms. The van der Waals surface area contributed by atoms with Crippen LogP contribution in [-0.2, 0) is 18.4 Å². The maximum atomic E-state index is 14.8. The van der Waals surface area contributed by atoms with E-state index in [1.807, 2.05) is 4.57 Å². The summed E-state index contributed by atoms with van der Waals surface area (Å²) in [4.78, 5) is 24.2. The highest BCUT2D eigenvalue weighted by Crippen LogP contribution is 2.31. The maximum Gasteiger partial charge on any atom is 0.351 e. The van der Waals surface area contributed by atoms with Crippen molar-refractivity contribution in [1.82, 2.24) is 29.1 Å². The Bertz CT molecular complexity index is 1510. The van der Waals surface area contributed by atoms with Crippen LogP contribution in [0, 0.1) is 18.6 Å². The van der Waals surface area contributed by atoms with Crippen LogP contribution in [0.25, 0.3) is 5.69 Å². The third kappa shape index (κ3) is 3.67. The number of hydrogen-bond donors (Lipinski definition) is 1. The second kappa shape index (κ2) is 8.30. The first-order valence-electron chi connectivity index (χ1n) is 10.3. The third-order valence-corrected chi connectivity index (χ3v) is 5.74. The predicted octanol–water partition coefficient (Wildman–Crippen LogP) is 1.97. The Kier molecular flexibility index (Phi) is 5.28. The molecule has 3 heterocycles. The van der Waals surface area contributed by atoms with Gasteiger partial charge >= 0.3 is 5.69 Å². The summed E-state index contributed by atoms with van der Waals surface area (Å²) in [6, 6.07) is 8.41. The molecule has 1 aliphatic heterocycles. The van der Waals surface area contributed by atoms with Crippen LogP contribution in [0.2, 0.25) is 0 Å². The number of rotatable bonds is 4. The Morgan fingerprint density at radius 3 is 2.65 bits per heavy atom. The highest BCUT2D eigenvalue weighted by Gasteiger charge is 2.27. The molecule has 0 radical (unpaired) electrons. The number of ether oxygens (including phenoxy) is 1. The summed E-state index contributed by atoms with van der Waals surface area (Å²) in [7, 11) is 1.31. The van der Waals surface area contributed by atoms with Gasteiger partial charge in [-0.25, -0.2) is 13.6 Å². The zero-order chi connectivity index (χ0) is 24.0. The Labute approximate surface area is 191 Å². The van der Waals surface area contributed by atoms with Crippen LogP contribution in [0.4, 0.5) is 20.4 Å². The first-order valence-corrected chi connectivity index (χ1v) is 10.3. The van der Waals surface area contributed by atoms with E-state index in [0.29, 0.717) is 24.1 Å². The number of halogens is 2. The fraction of sp³-hybridized carbons (Fsp3) is 0.227. The summed E-state index contributed by atoms with van der Waals surface area (Å²) in [5.41, 5.74) is 0.249. The molecule has 34 heavy (non-hydrogen) atoms. The Morgan fingerprint density at radius 1 is 1.12 bits per heavy atom. The minimum absolute atomic E-state index is 0.128. The first kappa shape index (κ1) is 21.6. The topological polar surface area (TPSA) is 109 Å². The van der Waals surface area contributed by atoms with Gasteiger partial charge in [-0.3, -0.25) is 13.9 Å². The molecule has 5 rings (SSSR count). The fourth-order valence-corrected chi connectivity index (χ4v) is 3.80. The van der Waals surface area contributed by atoms with Crippen molar-refractivity contribution in [2.75, 3.05) is 11.9 Å². The number of nitrogens with zero attached hydrogens (tertiary/aromatic N) is 6. The molecule has 0 amide bonds. The van der Waals surface area contributed by atoms with Crippen LogP contribution in [-0.4, -0.2) is 35.7 Å². The maximum absolute atomic E-state index is 14.8. The molecular formula is C22H19F2N7O3. The summed E-state index contributed by atoms with van der Waals surface area (Å²) in [5, 5.41) is 15.3. The highest BCUT2D eigenvalue weighted by atomic mass is 19.1. The van der Waals surface area contributed by atoms with Crippen molar-refractivity contribution >= 4 is 11.6 Å². The molecule has 174 valence electrons. The number of anilines is 2.